The third-order valence-electron chi connectivity index (χ3n) is 7.89. The van der Waals surface area contributed by atoms with Crippen molar-refractivity contribution < 1.29 is 32.6 Å². The molecule has 14 heteroatoms. The molecule has 4 rings (SSSR count). The molecule has 3 aromatic rings. The molecule has 1 atom stereocenters. The van der Waals surface area contributed by atoms with Crippen LogP contribution in [0.1, 0.15) is 57.6 Å². The lowest BCUT2D eigenvalue weighted by atomic mass is 10.0. The summed E-state index contributed by atoms with van der Waals surface area (Å²) in [6.45, 7) is 4.62. The van der Waals surface area contributed by atoms with E-state index in [1.807, 2.05) is 18.2 Å². The Kier molecular flexibility index (Phi) is 12.9. The van der Waals surface area contributed by atoms with Gasteiger partial charge in [-0.1, -0.05) is 18.2 Å². The van der Waals surface area contributed by atoms with Crippen molar-refractivity contribution in [3.05, 3.63) is 82.0 Å². The van der Waals surface area contributed by atoms with Crippen LogP contribution in [0.15, 0.2) is 53.4 Å². The van der Waals surface area contributed by atoms with Crippen molar-refractivity contribution in [3.8, 4) is 5.75 Å². The summed E-state index contributed by atoms with van der Waals surface area (Å²) in [7, 11) is -4.29. The summed E-state index contributed by atoms with van der Waals surface area (Å²) >= 11 is 0. The van der Waals surface area contributed by atoms with Crippen molar-refractivity contribution in [1.82, 2.24) is 20.3 Å². The highest BCUT2D eigenvalue weighted by atomic mass is 32.2. The van der Waals surface area contributed by atoms with Crippen molar-refractivity contribution in [2.45, 2.75) is 63.3 Å². The summed E-state index contributed by atoms with van der Waals surface area (Å²) in [5.74, 6) is -0.720. The number of aromatic nitrogens is 1. The number of fused-ring (bicyclic) bond motifs is 1. The maximum atomic E-state index is 13.3. The number of carboxylic acid groups (broad SMARTS) is 1. The average Bonchev–Trinajstić information content (AvgIpc) is 3.06. The molecule has 7 N–H and O–H groups in total. The van der Waals surface area contributed by atoms with Gasteiger partial charge in [0.25, 0.3) is 5.91 Å². The average molecular weight is 681 g/mol. The lowest BCUT2D eigenvalue weighted by Gasteiger charge is -2.19. The third-order valence-corrected chi connectivity index (χ3v) is 9.66. The summed E-state index contributed by atoms with van der Waals surface area (Å²) in [6, 6.07) is 12.6. The number of nitrogens with two attached hydrogens (primary N) is 1. The predicted molar refractivity (Wildman–Crippen MR) is 182 cm³/mol. The van der Waals surface area contributed by atoms with Gasteiger partial charge in [-0.15, -0.1) is 0 Å². The summed E-state index contributed by atoms with van der Waals surface area (Å²) < 4.78 is 34.6. The van der Waals surface area contributed by atoms with Crippen LogP contribution in [-0.2, 0) is 38.9 Å². The van der Waals surface area contributed by atoms with Crippen LogP contribution in [0, 0.1) is 13.8 Å². The van der Waals surface area contributed by atoms with Crippen LogP contribution in [0.4, 0.5) is 5.82 Å². The fourth-order valence-corrected chi connectivity index (χ4v) is 7.11. The van der Waals surface area contributed by atoms with Gasteiger partial charge in [0.15, 0.2) is 0 Å². The van der Waals surface area contributed by atoms with Gasteiger partial charge in [-0.3, -0.25) is 14.4 Å². The Bertz CT molecular complexity index is 1690. The van der Waals surface area contributed by atoms with Crippen molar-refractivity contribution in [2.24, 2.45) is 5.73 Å². The Morgan fingerprint density at radius 1 is 1.04 bits per heavy atom. The largest absolute Gasteiger partial charge is 0.494 e. The highest BCUT2D eigenvalue weighted by Crippen LogP contribution is 2.26. The van der Waals surface area contributed by atoms with E-state index in [0.29, 0.717) is 42.0 Å². The van der Waals surface area contributed by atoms with E-state index in [0.717, 1.165) is 49.3 Å². The SMILES string of the molecule is Cc1cc(OCCCC(=O)NCCN)cc(C)c1S(=O)(=O)NC(CNC(=O)c1ccc(CCc2ccc3c(n2)NCCC3)cc1)C(=O)O. The molecule has 258 valence electrons. The number of hydrogen-bond donors (Lipinski definition) is 6. The third kappa shape index (κ3) is 10.2. The zero-order valence-electron chi connectivity index (χ0n) is 27.3. The number of carboxylic acids is 1. The minimum Gasteiger partial charge on any atom is -0.494 e. The fourth-order valence-electron chi connectivity index (χ4n) is 5.47. The van der Waals surface area contributed by atoms with Crippen LogP contribution in [0.5, 0.6) is 5.75 Å². The molecule has 0 saturated heterocycles. The predicted octanol–water partition coefficient (Wildman–Crippen LogP) is 2.24. The summed E-state index contributed by atoms with van der Waals surface area (Å²) in [4.78, 5) is 41.2. The number of ether oxygens (including phenoxy) is 1. The standard InChI is InChI=1S/C34H44N6O7S/c1-22-19-28(47-18-4-6-30(41)36-17-15-35)20-23(2)31(22)48(45,46)40-29(34(43)44)21-38-33(42)26-10-7-24(8-11-26)9-13-27-14-12-25-5-3-16-37-32(25)39-27/h7-8,10-12,14,19-20,29,40H,3-6,9,13,15-18,21,35H2,1-2H3,(H,36,41)(H,37,39)(H,38,42)(H,43,44). The maximum Gasteiger partial charge on any atom is 0.323 e. The first-order valence-corrected chi connectivity index (χ1v) is 17.5. The number of nitrogens with zero attached hydrogens (tertiary/aromatic N) is 1. The van der Waals surface area contributed by atoms with Gasteiger partial charge in [-0.05, 0) is 98.5 Å². The Hall–Kier alpha value is -4.53. The van der Waals surface area contributed by atoms with Crippen LogP contribution in [0.3, 0.4) is 0 Å². The number of aryl methyl sites for hydroxylation is 5. The summed E-state index contributed by atoms with van der Waals surface area (Å²) in [5.41, 5.74) is 9.63. The molecule has 0 fully saturated rings. The first-order valence-electron chi connectivity index (χ1n) is 16.0. The van der Waals surface area contributed by atoms with Gasteiger partial charge in [0.1, 0.15) is 17.6 Å². The smallest absolute Gasteiger partial charge is 0.323 e. The van der Waals surface area contributed by atoms with Crippen LogP contribution < -0.4 is 31.1 Å². The van der Waals surface area contributed by atoms with E-state index in [1.54, 1.807) is 26.0 Å². The molecule has 1 unspecified atom stereocenters. The van der Waals surface area contributed by atoms with Crippen molar-refractivity contribution >= 4 is 33.6 Å². The van der Waals surface area contributed by atoms with Crippen molar-refractivity contribution in [3.63, 3.8) is 0 Å². The van der Waals surface area contributed by atoms with Gasteiger partial charge in [0.2, 0.25) is 15.9 Å². The number of rotatable bonds is 17. The van der Waals surface area contributed by atoms with Gasteiger partial charge in [-0.25, -0.2) is 13.4 Å². The van der Waals surface area contributed by atoms with E-state index in [2.05, 4.69) is 26.7 Å². The van der Waals surface area contributed by atoms with E-state index in [1.165, 1.54) is 17.7 Å². The number of carbonyl (C=O) groups excluding carboxylic acids is 2. The number of sulfonamides is 1. The van der Waals surface area contributed by atoms with Gasteiger partial charge < -0.3 is 31.5 Å². The van der Waals surface area contributed by atoms with Gasteiger partial charge in [0.05, 0.1) is 11.5 Å². The first kappa shape index (κ1) is 36.3. The molecule has 13 nitrogen and oxygen atoms in total. The second kappa shape index (κ2) is 17.0. The lowest BCUT2D eigenvalue weighted by molar-refractivity contribution is -0.138. The molecule has 0 bridgehead atoms. The number of carbonyl (C=O) groups is 3. The zero-order valence-corrected chi connectivity index (χ0v) is 28.1. The summed E-state index contributed by atoms with van der Waals surface area (Å²) in [6.07, 6.45) is 4.33. The van der Waals surface area contributed by atoms with E-state index < -0.39 is 34.5 Å². The Morgan fingerprint density at radius 2 is 1.77 bits per heavy atom. The minimum absolute atomic E-state index is 0.0778. The lowest BCUT2D eigenvalue weighted by Crippen LogP contribution is -2.48. The minimum atomic E-state index is -4.29. The Labute approximate surface area is 281 Å². The quantitative estimate of drug-likeness (QED) is 0.115. The number of pyridine rings is 1. The molecule has 0 saturated carbocycles. The van der Waals surface area contributed by atoms with Crippen LogP contribution in [-0.4, -0.2) is 75.1 Å². The molecule has 0 aliphatic carbocycles. The molecule has 2 heterocycles. The molecule has 0 spiro atoms. The molecular formula is C34H44N6O7S. The molecule has 2 amide bonds. The number of amides is 2. The van der Waals surface area contributed by atoms with Gasteiger partial charge in [-0.2, -0.15) is 4.72 Å². The topological polar surface area (TPSA) is 202 Å². The van der Waals surface area contributed by atoms with Crippen LogP contribution in [0.25, 0.3) is 0 Å². The number of benzene rings is 2. The molecule has 2 aromatic carbocycles. The molecule has 48 heavy (non-hydrogen) atoms. The number of nitrogens with one attached hydrogen (secondary N) is 4. The molecule has 1 aliphatic rings. The van der Waals surface area contributed by atoms with E-state index in [9.17, 15) is 27.9 Å². The zero-order chi connectivity index (χ0) is 34.7. The number of hydrogen-bond acceptors (Lipinski definition) is 9. The van der Waals surface area contributed by atoms with E-state index in [-0.39, 0.29) is 23.8 Å². The first-order chi connectivity index (χ1) is 23.0. The highest BCUT2D eigenvalue weighted by Gasteiger charge is 2.29. The van der Waals surface area contributed by atoms with Crippen LogP contribution >= 0.6 is 0 Å². The van der Waals surface area contributed by atoms with Gasteiger partial charge in [0, 0.05) is 43.9 Å². The number of aliphatic carboxylic acids is 1. The maximum absolute atomic E-state index is 13.3. The highest BCUT2D eigenvalue weighted by molar-refractivity contribution is 7.89. The second-order valence-corrected chi connectivity index (χ2v) is 13.4. The number of anilines is 1. The molecule has 1 aromatic heterocycles. The second-order valence-electron chi connectivity index (χ2n) is 11.7. The van der Waals surface area contributed by atoms with Gasteiger partial charge >= 0.3 is 5.97 Å². The normalized spacial score (nSPS) is 13.1. The van der Waals surface area contributed by atoms with E-state index in [4.69, 9.17) is 15.5 Å². The van der Waals surface area contributed by atoms with E-state index >= 15 is 0 Å². The summed E-state index contributed by atoms with van der Waals surface area (Å²) in [5, 5.41) is 18.3. The molecular weight excluding hydrogens is 636 g/mol. The molecule has 1 aliphatic heterocycles. The van der Waals surface area contributed by atoms with Crippen molar-refractivity contribution in [2.75, 3.05) is 38.1 Å². The van der Waals surface area contributed by atoms with Crippen LogP contribution in [0.2, 0.25) is 0 Å². The Balaban J connectivity index is 1.29. The fraction of sp³-hybridized carbons (Fsp3) is 0.412. The molecule has 0 radical (unpaired) electrons. The van der Waals surface area contributed by atoms with Crippen molar-refractivity contribution in [1.29, 1.82) is 0 Å². The Morgan fingerprint density at radius 3 is 2.46 bits per heavy atom. The monoisotopic (exact) mass is 680 g/mol.